The molecule has 0 saturated carbocycles. The second-order valence-electron chi connectivity index (χ2n) is 2.51. The molecule has 1 rings (SSSR count). The first-order valence-electron chi connectivity index (χ1n) is 4.35. The molecule has 1 heterocycles. The largest absolute Gasteiger partial charge is 0.395 e. The van der Waals surface area contributed by atoms with Crippen molar-refractivity contribution in [1.82, 2.24) is 5.32 Å². The first-order valence-corrected chi connectivity index (χ1v) is 4.35. The molecule has 0 aliphatic carbocycles. The Morgan fingerprint density at radius 3 is 2.45 bits per heavy atom. The highest BCUT2D eigenvalue weighted by molar-refractivity contribution is 4.76. The summed E-state index contributed by atoms with van der Waals surface area (Å²) in [6, 6.07) is 0.119. The molecule has 1 fully saturated rings. The van der Waals surface area contributed by atoms with Gasteiger partial charge in [-0.2, -0.15) is 0 Å². The minimum Gasteiger partial charge on any atom is -0.395 e. The van der Waals surface area contributed by atoms with Crippen LogP contribution in [0.4, 0.5) is 0 Å². The number of aliphatic hydroxyl groups excluding tert-OH is 2. The molecule has 68 valence electrons. The van der Waals surface area contributed by atoms with Crippen molar-refractivity contribution in [1.29, 1.82) is 0 Å². The fourth-order valence-electron chi connectivity index (χ4n) is 1.12. The van der Waals surface area contributed by atoms with E-state index >= 15 is 0 Å². The Morgan fingerprint density at radius 2 is 2.09 bits per heavy atom. The van der Waals surface area contributed by atoms with Crippen LogP contribution in [0.3, 0.4) is 0 Å². The molecule has 2 unspecified atom stereocenters. The Hall–Kier alpha value is -0.120. The molecule has 3 nitrogen and oxygen atoms in total. The zero-order valence-electron chi connectivity index (χ0n) is 7.38. The first-order chi connectivity index (χ1) is 5.33. The van der Waals surface area contributed by atoms with E-state index < -0.39 is 0 Å². The second-order valence-corrected chi connectivity index (χ2v) is 2.51. The van der Waals surface area contributed by atoms with Gasteiger partial charge in [-0.25, -0.2) is 0 Å². The molecule has 0 amide bonds. The summed E-state index contributed by atoms with van der Waals surface area (Å²) in [6.07, 6.45) is 1.30. The SMILES string of the molecule is CC.OCC1CC(O)CCN1. The van der Waals surface area contributed by atoms with Crippen LogP contribution in [0.5, 0.6) is 0 Å². The molecular formula is C8H19NO2. The van der Waals surface area contributed by atoms with Crippen LogP contribution in [0.15, 0.2) is 0 Å². The minimum atomic E-state index is -0.205. The predicted molar refractivity (Wildman–Crippen MR) is 45.5 cm³/mol. The zero-order chi connectivity index (χ0) is 8.69. The van der Waals surface area contributed by atoms with Crippen LogP contribution in [0, 0.1) is 0 Å². The Balaban J connectivity index is 0.000000461. The van der Waals surface area contributed by atoms with Crippen molar-refractivity contribution in [2.45, 2.75) is 38.8 Å². The Bertz CT molecular complexity index is 88.2. The van der Waals surface area contributed by atoms with Crippen LogP contribution in [-0.2, 0) is 0 Å². The maximum absolute atomic E-state index is 9.06. The fraction of sp³-hybridized carbons (Fsp3) is 1.00. The Kier molecular flexibility index (Phi) is 6.51. The van der Waals surface area contributed by atoms with Crippen LogP contribution in [0.1, 0.15) is 26.7 Å². The summed E-state index contributed by atoms with van der Waals surface area (Å²) in [7, 11) is 0. The third-order valence-corrected chi connectivity index (χ3v) is 1.69. The average Bonchev–Trinajstić information content (AvgIpc) is 2.08. The van der Waals surface area contributed by atoms with E-state index in [0.29, 0.717) is 6.42 Å². The molecule has 0 bridgehead atoms. The maximum atomic E-state index is 9.06. The fourth-order valence-corrected chi connectivity index (χ4v) is 1.12. The standard InChI is InChI=1S/C6H13NO2.C2H6/c8-4-5-3-6(9)1-2-7-5;1-2/h5-9H,1-4H2;1-2H3. The van der Waals surface area contributed by atoms with Crippen molar-refractivity contribution < 1.29 is 10.2 Å². The van der Waals surface area contributed by atoms with Gasteiger partial charge in [-0.3, -0.25) is 0 Å². The van der Waals surface area contributed by atoms with E-state index in [-0.39, 0.29) is 18.8 Å². The molecule has 2 atom stereocenters. The molecular weight excluding hydrogens is 142 g/mol. The van der Waals surface area contributed by atoms with Crippen molar-refractivity contribution in [2.75, 3.05) is 13.2 Å². The molecule has 0 aromatic heterocycles. The summed E-state index contributed by atoms with van der Waals surface area (Å²) in [5, 5.41) is 20.8. The molecule has 3 heteroatoms. The maximum Gasteiger partial charge on any atom is 0.0585 e. The van der Waals surface area contributed by atoms with E-state index in [0.717, 1.165) is 13.0 Å². The molecule has 0 aromatic carbocycles. The summed E-state index contributed by atoms with van der Waals surface area (Å²) in [4.78, 5) is 0. The highest BCUT2D eigenvalue weighted by Gasteiger charge is 2.17. The highest BCUT2D eigenvalue weighted by atomic mass is 16.3. The van der Waals surface area contributed by atoms with Gasteiger partial charge in [0.25, 0.3) is 0 Å². The quantitative estimate of drug-likeness (QED) is 0.512. The van der Waals surface area contributed by atoms with E-state index in [1.165, 1.54) is 0 Å². The monoisotopic (exact) mass is 161 g/mol. The molecule has 11 heavy (non-hydrogen) atoms. The van der Waals surface area contributed by atoms with Crippen LogP contribution in [0.25, 0.3) is 0 Å². The van der Waals surface area contributed by atoms with Crippen LogP contribution in [-0.4, -0.2) is 35.5 Å². The van der Waals surface area contributed by atoms with Gasteiger partial charge >= 0.3 is 0 Å². The number of nitrogens with one attached hydrogen (secondary N) is 1. The van der Waals surface area contributed by atoms with Crippen LogP contribution >= 0.6 is 0 Å². The molecule has 1 aliphatic rings. The van der Waals surface area contributed by atoms with Crippen molar-refractivity contribution >= 4 is 0 Å². The van der Waals surface area contributed by atoms with Gasteiger partial charge in [-0.05, 0) is 19.4 Å². The summed E-state index contributed by atoms with van der Waals surface area (Å²) >= 11 is 0. The second kappa shape index (κ2) is 6.58. The lowest BCUT2D eigenvalue weighted by molar-refractivity contribution is 0.0956. The van der Waals surface area contributed by atoms with Crippen molar-refractivity contribution in [3.8, 4) is 0 Å². The van der Waals surface area contributed by atoms with Gasteiger partial charge in [0.15, 0.2) is 0 Å². The van der Waals surface area contributed by atoms with Gasteiger partial charge in [-0.15, -0.1) is 0 Å². The van der Waals surface area contributed by atoms with Gasteiger partial charge in [0.05, 0.1) is 12.7 Å². The summed E-state index contributed by atoms with van der Waals surface area (Å²) in [6.45, 7) is 4.96. The number of aliphatic hydroxyl groups is 2. The van der Waals surface area contributed by atoms with Crippen molar-refractivity contribution in [2.24, 2.45) is 0 Å². The summed E-state index contributed by atoms with van der Waals surface area (Å²) < 4.78 is 0. The number of piperidine rings is 1. The van der Waals surface area contributed by atoms with Gasteiger partial charge < -0.3 is 15.5 Å². The lowest BCUT2D eigenvalue weighted by atomic mass is 10.0. The minimum absolute atomic E-state index is 0.119. The third kappa shape index (κ3) is 4.35. The molecule has 0 spiro atoms. The normalized spacial score (nSPS) is 30.5. The van der Waals surface area contributed by atoms with Gasteiger partial charge in [0.2, 0.25) is 0 Å². The highest BCUT2D eigenvalue weighted by Crippen LogP contribution is 2.06. The molecule has 0 radical (unpaired) electrons. The van der Waals surface area contributed by atoms with Gasteiger partial charge in [-0.1, -0.05) is 13.8 Å². The van der Waals surface area contributed by atoms with E-state index in [1.54, 1.807) is 0 Å². The molecule has 1 aliphatic heterocycles. The van der Waals surface area contributed by atoms with Crippen molar-refractivity contribution in [3.63, 3.8) is 0 Å². The predicted octanol–water partition coefficient (Wildman–Crippen LogP) is 0.118. The van der Waals surface area contributed by atoms with E-state index in [2.05, 4.69) is 5.32 Å². The van der Waals surface area contributed by atoms with E-state index in [9.17, 15) is 0 Å². The number of rotatable bonds is 1. The van der Waals surface area contributed by atoms with Gasteiger partial charge in [0.1, 0.15) is 0 Å². The van der Waals surface area contributed by atoms with Crippen LogP contribution in [0.2, 0.25) is 0 Å². The zero-order valence-corrected chi connectivity index (χ0v) is 7.38. The first kappa shape index (κ1) is 10.9. The number of hydrogen-bond acceptors (Lipinski definition) is 3. The molecule has 0 aromatic rings. The molecule has 3 N–H and O–H groups in total. The van der Waals surface area contributed by atoms with E-state index in [4.69, 9.17) is 10.2 Å². The Labute approximate surface area is 68.4 Å². The number of hydrogen-bond donors (Lipinski definition) is 3. The molecule has 1 saturated heterocycles. The smallest absolute Gasteiger partial charge is 0.0585 e. The lowest BCUT2D eigenvalue weighted by Gasteiger charge is -2.25. The summed E-state index contributed by atoms with van der Waals surface area (Å²) in [5.74, 6) is 0. The van der Waals surface area contributed by atoms with Crippen molar-refractivity contribution in [3.05, 3.63) is 0 Å². The third-order valence-electron chi connectivity index (χ3n) is 1.69. The Morgan fingerprint density at radius 1 is 1.45 bits per heavy atom. The van der Waals surface area contributed by atoms with E-state index in [1.807, 2.05) is 13.8 Å². The lowest BCUT2D eigenvalue weighted by Crippen LogP contribution is -2.42. The summed E-state index contributed by atoms with van der Waals surface area (Å²) in [5.41, 5.74) is 0. The van der Waals surface area contributed by atoms with Crippen LogP contribution < -0.4 is 5.32 Å². The topological polar surface area (TPSA) is 52.5 Å². The van der Waals surface area contributed by atoms with Gasteiger partial charge in [0, 0.05) is 6.04 Å². The average molecular weight is 161 g/mol.